The minimum Gasteiger partial charge on any atom is -0.389 e. The molecule has 0 bridgehead atoms. The molecule has 0 radical (unpaired) electrons. The Bertz CT molecular complexity index is 269. The molecule has 112 valence electrons. The molecule has 0 spiro atoms. The van der Waals surface area contributed by atoms with Crippen LogP contribution in [-0.2, 0) is 9.53 Å². The Morgan fingerprint density at radius 2 is 1.79 bits per heavy atom. The Morgan fingerprint density at radius 3 is 2.26 bits per heavy atom. The first kappa shape index (κ1) is 16.4. The molecule has 1 fully saturated rings. The second-order valence-corrected chi connectivity index (χ2v) is 5.75. The van der Waals surface area contributed by atoms with Gasteiger partial charge in [0.25, 0.3) is 0 Å². The molecule has 1 N–H and O–H groups in total. The molecule has 0 saturated carbocycles. The molecule has 0 aliphatic carbocycles. The van der Waals surface area contributed by atoms with Gasteiger partial charge in [-0.3, -0.25) is 4.79 Å². The quantitative estimate of drug-likeness (QED) is 0.773. The molecular formula is C15H29NO3. The van der Waals surface area contributed by atoms with Gasteiger partial charge in [-0.25, -0.2) is 0 Å². The Labute approximate surface area is 117 Å². The Kier molecular flexibility index (Phi) is 6.80. The van der Waals surface area contributed by atoms with E-state index in [0.29, 0.717) is 12.8 Å². The molecular weight excluding hydrogens is 242 g/mol. The lowest BCUT2D eigenvalue weighted by Gasteiger charge is -2.34. The van der Waals surface area contributed by atoms with Gasteiger partial charge >= 0.3 is 0 Å². The smallest absolute Gasteiger partial charge is 0.225 e. The summed E-state index contributed by atoms with van der Waals surface area (Å²) in [6.07, 6.45) is 5.28. The zero-order valence-electron chi connectivity index (χ0n) is 12.7. The van der Waals surface area contributed by atoms with E-state index in [1.165, 1.54) is 0 Å². The van der Waals surface area contributed by atoms with Crippen LogP contribution in [0.1, 0.15) is 58.8 Å². The van der Waals surface area contributed by atoms with Crippen LogP contribution in [0.15, 0.2) is 0 Å². The first-order chi connectivity index (χ1) is 9.02. The van der Waals surface area contributed by atoms with Crippen LogP contribution in [0.2, 0.25) is 0 Å². The molecule has 0 aromatic heterocycles. The topological polar surface area (TPSA) is 49.8 Å². The van der Waals surface area contributed by atoms with Crippen molar-refractivity contribution < 1.29 is 14.6 Å². The predicted molar refractivity (Wildman–Crippen MR) is 76.0 cm³/mol. The highest BCUT2D eigenvalue weighted by molar-refractivity contribution is 5.77. The zero-order valence-corrected chi connectivity index (χ0v) is 12.7. The predicted octanol–water partition coefficient (Wildman–Crippen LogP) is 2.35. The maximum atomic E-state index is 12.3. The summed E-state index contributed by atoms with van der Waals surface area (Å²) >= 11 is 0. The molecule has 0 aromatic carbocycles. The van der Waals surface area contributed by atoms with Crippen LogP contribution in [0.3, 0.4) is 0 Å². The van der Waals surface area contributed by atoms with Crippen LogP contribution in [0.25, 0.3) is 0 Å². The van der Waals surface area contributed by atoms with E-state index in [-0.39, 0.29) is 18.4 Å². The second kappa shape index (κ2) is 7.85. The van der Waals surface area contributed by atoms with Crippen molar-refractivity contribution >= 4 is 5.91 Å². The molecule has 4 heteroatoms. The number of ether oxygens (including phenoxy) is 1. The average Bonchev–Trinajstić information content (AvgIpc) is 2.39. The molecule has 1 heterocycles. The minimum absolute atomic E-state index is 0.0660. The van der Waals surface area contributed by atoms with E-state index in [1.54, 1.807) is 0 Å². The minimum atomic E-state index is -0.819. The third-order valence-electron chi connectivity index (χ3n) is 4.04. The summed E-state index contributed by atoms with van der Waals surface area (Å²) in [6, 6.07) is 0.272. The number of hydrogen-bond acceptors (Lipinski definition) is 3. The van der Waals surface area contributed by atoms with Crippen LogP contribution in [0.5, 0.6) is 0 Å². The van der Waals surface area contributed by atoms with E-state index in [0.717, 1.165) is 38.9 Å². The first-order valence-electron chi connectivity index (χ1n) is 7.58. The Morgan fingerprint density at radius 1 is 1.26 bits per heavy atom. The fourth-order valence-corrected chi connectivity index (χ4v) is 2.91. The summed E-state index contributed by atoms with van der Waals surface area (Å²) in [7, 11) is 1.86. The van der Waals surface area contributed by atoms with E-state index in [9.17, 15) is 9.90 Å². The molecule has 0 atom stereocenters. The molecule has 1 saturated heterocycles. The highest BCUT2D eigenvalue weighted by Gasteiger charge is 2.31. The number of aliphatic hydroxyl groups is 1. The van der Waals surface area contributed by atoms with Gasteiger partial charge in [0.15, 0.2) is 0 Å². The second-order valence-electron chi connectivity index (χ2n) is 5.75. The van der Waals surface area contributed by atoms with Gasteiger partial charge in [0.05, 0.1) is 12.0 Å². The van der Waals surface area contributed by atoms with Crippen LogP contribution in [0, 0.1) is 0 Å². The van der Waals surface area contributed by atoms with Gasteiger partial charge in [-0.2, -0.15) is 0 Å². The highest BCUT2D eigenvalue weighted by Crippen LogP contribution is 2.25. The zero-order chi connectivity index (χ0) is 14.3. The van der Waals surface area contributed by atoms with E-state index in [2.05, 4.69) is 0 Å². The van der Waals surface area contributed by atoms with E-state index >= 15 is 0 Å². The van der Waals surface area contributed by atoms with Gasteiger partial charge in [-0.1, -0.05) is 26.7 Å². The van der Waals surface area contributed by atoms with E-state index < -0.39 is 5.60 Å². The summed E-state index contributed by atoms with van der Waals surface area (Å²) in [5, 5.41) is 10.6. The maximum absolute atomic E-state index is 12.3. The molecule has 4 nitrogen and oxygen atoms in total. The fraction of sp³-hybridized carbons (Fsp3) is 0.933. The van der Waals surface area contributed by atoms with Crippen molar-refractivity contribution in [3.8, 4) is 0 Å². The van der Waals surface area contributed by atoms with Gasteiger partial charge in [0, 0.05) is 26.3 Å². The lowest BCUT2D eigenvalue weighted by atomic mass is 9.88. The summed E-state index contributed by atoms with van der Waals surface area (Å²) < 4.78 is 5.32. The summed E-state index contributed by atoms with van der Waals surface area (Å²) in [5.74, 6) is 0.0660. The van der Waals surface area contributed by atoms with Crippen LogP contribution >= 0.6 is 0 Å². The van der Waals surface area contributed by atoms with E-state index in [1.807, 2.05) is 25.8 Å². The standard InChI is InChI=1S/C15H29NO3/c1-4-8-15(18,9-5-2)12-14(17)16(3)13-6-10-19-11-7-13/h13,18H,4-12H2,1-3H3. The molecule has 0 aromatic rings. The normalized spacial score (nSPS) is 17.5. The molecule has 19 heavy (non-hydrogen) atoms. The summed E-state index contributed by atoms with van der Waals surface area (Å²) in [6.45, 7) is 5.56. The number of hydrogen-bond donors (Lipinski definition) is 1. The van der Waals surface area contributed by atoms with Crippen molar-refractivity contribution in [2.45, 2.75) is 70.4 Å². The molecule has 1 rings (SSSR count). The highest BCUT2D eigenvalue weighted by atomic mass is 16.5. The summed E-state index contributed by atoms with van der Waals surface area (Å²) in [5.41, 5.74) is -0.819. The number of amides is 1. The third kappa shape index (κ3) is 5.11. The summed E-state index contributed by atoms with van der Waals surface area (Å²) in [4.78, 5) is 14.2. The van der Waals surface area contributed by atoms with Gasteiger partial charge in [0.1, 0.15) is 0 Å². The molecule has 1 amide bonds. The lowest BCUT2D eigenvalue weighted by Crippen LogP contribution is -2.44. The van der Waals surface area contributed by atoms with Gasteiger partial charge in [-0.15, -0.1) is 0 Å². The van der Waals surface area contributed by atoms with Crippen molar-refractivity contribution in [2.24, 2.45) is 0 Å². The van der Waals surface area contributed by atoms with Gasteiger partial charge in [-0.05, 0) is 25.7 Å². The van der Waals surface area contributed by atoms with Crippen LogP contribution in [-0.4, -0.2) is 47.8 Å². The van der Waals surface area contributed by atoms with Crippen LogP contribution in [0.4, 0.5) is 0 Å². The molecule has 1 aliphatic heterocycles. The monoisotopic (exact) mass is 271 g/mol. The maximum Gasteiger partial charge on any atom is 0.225 e. The van der Waals surface area contributed by atoms with Gasteiger partial charge in [0.2, 0.25) is 5.91 Å². The third-order valence-corrected chi connectivity index (χ3v) is 4.04. The number of nitrogens with zero attached hydrogens (tertiary/aromatic N) is 1. The Hall–Kier alpha value is -0.610. The number of rotatable bonds is 7. The number of carbonyl (C=O) groups is 1. The average molecular weight is 271 g/mol. The number of carbonyl (C=O) groups excluding carboxylic acids is 1. The van der Waals surface area contributed by atoms with Crippen molar-refractivity contribution in [1.29, 1.82) is 0 Å². The molecule has 0 unspecified atom stereocenters. The van der Waals surface area contributed by atoms with Crippen LogP contribution < -0.4 is 0 Å². The lowest BCUT2D eigenvalue weighted by molar-refractivity contribution is -0.139. The largest absolute Gasteiger partial charge is 0.389 e. The molecule has 1 aliphatic rings. The van der Waals surface area contributed by atoms with Crippen molar-refractivity contribution in [2.75, 3.05) is 20.3 Å². The SMILES string of the molecule is CCCC(O)(CCC)CC(=O)N(C)C1CCOCC1. The van der Waals surface area contributed by atoms with E-state index in [4.69, 9.17) is 4.74 Å². The van der Waals surface area contributed by atoms with Crippen molar-refractivity contribution in [1.82, 2.24) is 4.90 Å². The van der Waals surface area contributed by atoms with Gasteiger partial charge < -0.3 is 14.7 Å². The van der Waals surface area contributed by atoms with Crippen molar-refractivity contribution in [3.63, 3.8) is 0 Å². The fourth-order valence-electron chi connectivity index (χ4n) is 2.91. The first-order valence-corrected chi connectivity index (χ1v) is 7.58. The van der Waals surface area contributed by atoms with Crippen molar-refractivity contribution in [3.05, 3.63) is 0 Å². The Balaban J connectivity index is 2.54.